The second-order valence-electron chi connectivity index (χ2n) is 7.62. The van der Waals surface area contributed by atoms with Crippen LogP contribution in [0, 0.1) is 13.8 Å². The van der Waals surface area contributed by atoms with E-state index in [0.717, 1.165) is 35.6 Å². The lowest BCUT2D eigenvalue weighted by molar-refractivity contribution is -0.118. The Kier molecular flexibility index (Phi) is 3.95. The van der Waals surface area contributed by atoms with E-state index in [0.29, 0.717) is 0 Å². The largest absolute Gasteiger partial charge is 0.454 e. The van der Waals surface area contributed by atoms with Crippen molar-refractivity contribution in [3.63, 3.8) is 0 Å². The Hall–Kier alpha value is -2.79. The monoisotopic (exact) mass is 391 g/mol. The summed E-state index contributed by atoms with van der Waals surface area (Å²) in [5, 5.41) is 5.30. The fourth-order valence-electron chi connectivity index (χ4n) is 3.75. The quantitative estimate of drug-likeness (QED) is 0.645. The zero-order chi connectivity index (χ0) is 19.3. The smallest absolute Gasteiger partial charge is 0.235 e. The lowest BCUT2D eigenvalue weighted by Gasteiger charge is -2.17. The van der Waals surface area contributed by atoms with E-state index in [1.165, 1.54) is 21.6 Å². The highest BCUT2D eigenvalue weighted by molar-refractivity contribution is 7.13. The van der Waals surface area contributed by atoms with Gasteiger partial charge in [-0.3, -0.25) is 4.79 Å². The number of aryl methyl sites for hydroxylation is 2. The second kappa shape index (κ2) is 6.38. The molecule has 5 heteroatoms. The molecule has 3 aromatic rings. The molecule has 2 aliphatic rings. The van der Waals surface area contributed by atoms with E-state index in [2.05, 4.69) is 42.7 Å². The van der Waals surface area contributed by atoms with Crippen molar-refractivity contribution in [2.24, 2.45) is 0 Å². The molecule has 1 saturated carbocycles. The van der Waals surface area contributed by atoms with Gasteiger partial charge in [0, 0.05) is 10.6 Å². The highest BCUT2D eigenvalue weighted by Gasteiger charge is 2.51. The zero-order valence-corrected chi connectivity index (χ0v) is 16.7. The lowest BCUT2D eigenvalue weighted by Crippen LogP contribution is -2.27. The number of nitrogens with one attached hydrogen (secondary N) is 1. The van der Waals surface area contributed by atoms with Crippen LogP contribution >= 0.6 is 11.3 Å². The van der Waals surface area contributed by atoms with Gasteiger partial charge in [-0.15, -0.1) is 11.3 Å². The highest BCUT2D eigenvalue weighted by atomic mass is 32.1. The lowest BCUT2D eigenvalue weighted by atomic mass is 9.94. The van der Waals surface area contributed by atoms with Crippen LogP contribution in [-0.4, -0.2) is 12.7 Å². The van der Waals surface area contributed by atoms with Crippen LogP contribution in [0.2, 0.25) is 0 Å². The van der Waals surface area contributed by atoms with Gasteiger partial charge in [0.2, 0.25) is 12.7 Å². The number of ether oxygens (including phenoxy) is 2. The topological polar surface area (TPSA) is 47.6 Å². The Balaban J connectivity index is 1.41. The van der Waals surface area contributed by atoms with Crippen LogP contribution < -0.4 is 14.8 Å². The Morgan fingerprint density at radius 2 is 1.86 bits per heavy atom. The first kappa shape index (κ1) is 17.3. The van der Waals surface area contributed by atoms with Crippen LogP contribution in [0.1, 0.15) is 29.5 Å². The average Bonchev–Trinajstić information content (AvgIpc) is 3.18. The minimum absolute atomic E-state index is 0.0449. The molecule has 4 nitrogen and oxygen atoms in total. The maximum atomic E-state index is 13.2. The van der Waals surface area contributed by atoms with Crippen LogP contribution in [0.25, 0.3) is 10.4 Å². The predicted molar refractivity (Wildman–Crippen MR) is 111 cm³/mol. The van der Waals surface area contributed by atoms with Crippen molar-refractivity contribution >= 4 is 22.9 Å². The number of carbonyl (C=O) groups is 1. The maximum absolute atomic E-state index is 13.2. The Labute approximate surface area is 168 Å². The highest BCUT2D eigenvalue weighted by Crippen LogP contribution is 2.51. The predicted octanol–water partition coefficient (Wildman–Crippen LogP) is 5.43. The minimum Gasteiger partial charge on any atom is -0.454 e. The molecule has 0 saturated heterocycles. The van der Waals surface area contributed by atoms with Crippen molar-refractivity contribution in [2.75, 3.05) is 12.1 Å². The summed E-state index contributed by atoms with van der Waals surface area (Å²) in [4.78, 5) is 14.4. The number of amides is 1. The van der Waals surface area contributed by atoms with Crippen LogP contribution in [0.5, 0.6) is 11.5 Å². The van der Waals surface area contributed by atoms with Gasteiger partial charge in [0.15, 0.2) is 11.5 Å². The van der Waals surface area contributed by atoms with Crippen molar-refractivity contribution in [3.8, 4) is 21.9 Å². The number of rotatable bonds is 4. The van der Waals surface area contributed by atoms with Gasteiger partial charge < -0.3 is 14.8 Å². The van der Waals surface area contributed by atoms with E-state index >= 15 is 0 Å². The van der Waals surface area contributed by atoms with Gasteiger partial charge in [-0.2, -0.15) is 0 Å². The molecule has 28 heavy (non-hydrogen) atoms. The van der Waals surface area contributed by atoms with E-state index in [9.17, 15) is 4.79 Å². The van der Waals surface area contributed by atoms with Crippen molar-refractivity contribution in [1.82, 2.24) is 0 Å². The molecular formula is C23H21NO3S. The van der Waals surface area contributed by atoms with Gasteiger partial charge in [0.25, 0.3) is 0 Å². The molecule has 0 bridgehead atoms. The van der Waals surface area contributed by atoms with Crippen molar-refractivity contribution < 1.29 is 14.3 Å². The molecule has 0 unspecified atom stereocenters. The van der Waals surface area contributed by atoms with Gasteiger partial charge in [0.05, 0.1) is 5.41 Å². The number of fused-ring (bicyclic) bond motifs is 1. The van der Waals surface area contributed by atoms with E-state index in [1.807, 2.05) is 24.3 Å². The summed E-state index contributed by atoms with van der Waals surface area (Å²) >= 11 is 1.73. The molecule has 1 aliphatic carbocycles. The van der Waals surface area contributed by atoms with Crippen molar-refractivity contribution in [2.45, 2.75) is 32.1 Å². The molecule has 142 valence electrons. The van der Waals surface area contributed by atoms with Crippen LogP contribution in [0.4, 0.5) is 5.69 Å². The molecule has 0 spiro atoms. The summed E-state index contributed by atoms with van der Waals surface area (Å²) in [6, 6.07) is 14.1. The summed E-state index contributed by atoms with van der Waals surface area (Å²) < 4.78 is 10.9. The number of anilines is 1. The maximum Gasteiger partial charge on any atom is 0.235 e. The standard InChI is InChI=1S/C23H21NO3S/c1-14-9-21(28-12-14)18-11-17(5-3-15(18)2)24-22(25)23(7-8-23)16-4-6-19-20(10-16)27-13-26-19/h3-6,9-12H,7-8,13H2,1-2H3,(H,24,25). The first-order valence-corrected chi connectivity index (χ1v) is 10.3. The van der Waals surface area contributed by atoms with Gasteiger partial charge in [-0.25, -0.2) is 0 Å². The normalized spacial score (nSPS) is 16.1. The van der Waals surface area contributed by atoms with Gasteiger partial charge in [-0.05, 0) is 84.7 Å². The molecule has 1 amide bonds. The third-order valence-corrected chi connectivity index (χ3v) is 6.68. The molecule has 1 fully saturated rings. The number of hydrogen-bond acceptors (Lipinski definition) is 4. The molecule has 2 aromatic carbocycles. The Morgan fingerprint density at radius 3 is 2.61 bits per heavy atom. The van der Waals surface area contributed by atoms with Crippen LogP contribution in [0.15, 0.2) is 47.8 Å². The molecule has 0 radical (unpaired) electrons. The molecule has 5 rings (SSSR count). The van der Waals surface area contributed by atoms with E-state index in [4.69, 9.17) is 9.47 Å². The Morgan fingerprint density at radius 1 is 1.04 bits per heavy atom. The summed E-state index contributed by atoms with van der Waals surface area (Å²) in [5.74, 6) is 1.51. The van der Waals surface area contributed by atoms with Gasteiger partial charge >= 0.3 is 0 Å². The molecular weight excluding hydrogens is 370 g/mol. The summed E-state index contributed by atoms with van der Waals surface area (Å²) in [6.07, 6.45) is 1.70. The SMILES string of the molecule is Cc1csc(-c2cc(NC(=O)C3(c4ccc5c(c4)OCO5)CC3)ccc2C)c1. The summed E-state index contributed by atoms with van der Waals surface area (Å²) in [5.41, 5.74) is 5.00. The molecule has 0 atom stereocenters. The van der Waals surface area contributed by atoms with Crippen LogP contribution in [0.3, 0.4) is 0 Å². The third kappa shape index (κ3) is 2.87. The third-order valence-electron chi connectivity index (χ3n) is 5.60. The number of benzene rings is 2. The zero-order valence-electron chi connectivity index (χ0n) is 15.9. The fraction of sp³-hybridized carbons (Fsp3) is 0.261. The van der Waals surface area contributed by atoms with Crippen LogP contribution in [-0.2, 0) is 10.2 Å². The second-order valence-corrected chi connectivity index (χ2v) is 8.53. The number of thiophene rings is 1. The summed E-state index contributed by atoms with van der Waals surface area (Å²) in [7, 11) is 0. The van der Waals surface area contributed by atoms with Crippen molar-refractivity contribution in [3.05, 3.63) is 64.5 Å². The molecule has 1 aromatic heterocycles. The first-order valence-electron chi connectivity index (χ1n) is 9.43. The van der Waals surface area contributed by atoms with E-state index in [-0.39, 0.29) is 12.7 Å². The van der Waals surface area contributed by atoms with Crippen molar-refractivity contribution in [1.29, 1.82) is 0 Å². The first-order chi connectivity index (χ1) is 13.5. The summed E-state index contributed by atoms with van der Waals surface area (Å²) in [6.45, 7) is 4.44. The molecule has 2 heterocycles. The number of carbonyl (C=O) groups excluding carboxylic acids is 1. The fourth-order valence-corrected chi connectivity index (χ4v) is 4.74. The van der Waals surface area contributed by atoms with Gasteiger partial charge in [0.1, 0.15) is 0 Å². The Bertz CT molecular complexity index is 1080. The van der Waals surface area contributed by atoms with Gasteiger partial charge in [-0.1, -0.05) is 12.1 Å². The van der Waals surface area contributed by atoms with E-state index < -0.39 is 5.41 Å². The minimum atomic E-state index is -0.467. The van der Waals surface area contributed by atoms with E-state index in [1.54, 1.807) is 11.3 Å². The average molecular weight is 391 g/mol. The molecule has 1 aliphatic heterocycles. The number of hydrogen-bond donors (Lipinski definition) is 1. The molecule has 1 N–H and O–H groups in total.